The van der Waals surface area contributed by atoms with Crippen LogP contribution in [0.15, 0.2) is 18.2 Å². The standard InChI is InChI=1S/C12H17FN4/c1-15-14-11-8-10(13)4-5-12(11)17(15)9-16-6-2-3-7-16/h4-5,8,14H,2-3,6-7,9H2,1H3. The number of hydrogen-bond donors (Lipinski definition) is 1. The molecule has 1 aromatic carbocycles. The molecule has 2 aliphatic heterocycles. The van der Waals surface area contributed by atoms with Crippen molar-refractivity contribution in [3.63, 3.8) is 0 Å². The molecule has 2 heterocycles. The molecule has 17 heavy (non-hydrogen) atoms. The number of nitrogens with zero attached hydrogens (tertiary/aromatic N) is 3. The van der Waals surface area contributed by atoms with Gasteiger partial charge < -0.3 is 0 Å². The molecule has 0 amide bonds. The highest BCUT2D eigenvalue weighted by atomic mass is 19.1. The van der Waals surface area contributed by atoms with E-state index in [1.165, 1.54) is 25.0 Å². The van der Waals surface area contributed by atoms with Crippen molar-refractivity contribution in [2.75, 3.05) is 37.2 Å². The molecule has 3 rings (SSSR count). The summed E-state index contributed by atoms with van der Waals surface area (Å²) in [6.07, 6.45) is 2.56. The van der Waals surface area contributed by atoms with Gasteiger partial charge in [-0.1, -0.05) is 0 Å². The Kier molecular flexibility index (Phi) is 2.64. The van der Waals surface area contributed by atoms with Crippen molar-refractivity contribution in [2.45, 2.75) is 12.8 Å². The second-order valence-corrected chi connectivity index (χ2v) is 4.66. The van der Waals surface area contributed by atoms with Crippen molar-refractivity contribution >= 4 is 11.4 Å². The van der Waals surface area contributed by atoms with Gasteiger partial charge in [-0.3, -0.25) is 15.3 Å². The summed E-state index contributed by atoms with van der Waals surface area (Å²) in [6, 6.07) is 4.88. The number of benzene rings is 1. The topological polar surface area (TPSA) is 21.8 Å². The second-order valence-electron chi connectivity index (χ2n) is 4.66. The van der Waals surface area contributed by atoms with Crippen LogP contribution in [0.3, 0.4) is 0 Å². The average molecular weight is 236 g/mol. The average Bonchev–Trinajstić information content (AvgIpc) is 2.88. The fourth-order valence-electron chi connectivity index (χ4n) is 2.50. The zero-order valence-corrected chi connectivity index (χ0v) is 9.99. The Bertz CT molecular complexity index is 417. The lowest BCUT2D eigenvalue weighted by Gasteiger charge is -2.30. The lowest BCUT2D eigenvalue weighted by molar-refractivity contribution is 0.263. The first-order valence-electron chi connectivity index (χ1n) is 6.04. The molecule has 4 nitrogen and oxygen atoms in total. The van der Waals surface area contributed by atoms with E-state index in [0.717, 1.165) is 31.1 Å². The van der Waals surface area contributed by atoms with Crippen LogP contribution in [0.5, 0.6) is 0 Å². The molecule has 5 heteroatoms. The first-order valence-corrected chi connectivity index (χ1v) is 6.04. The van der Waals surface area contributed by atoms with E-state index in [1.54, 1.807) is 0 Å². The van der Waals surface area contributed by atoms with Gasteiger partial charge in [-0.2, -0.15) is 0 Å². The third kappa shape index (κ3) is 1.96. The minimum atomic E-state index is -0.201. The zero-order valence-electron chi connectivity index (χ0n) is 9.99. The van der Waals surface area contributed by atoms with Crippen molar-refractivity contribution in [2.24, 2.45) is 0 Å². The van der Waals surface area contributed by atoms with Gasteiger partial charge in [-0.05, 0) is 38.1 Å². The van der Waals surface area contributed by atoms with Crippen molar-refractivity contribution in [3.05, 3.63) is 24.0 Å². The molecule has 92 valence electrons. The predicted octanol–water partition coefficient (Wildman–Crippen LogP) is 1.87. The molecular weight excluding hydrogens is 219 g/mol. The van der Waals surface area contributed by atoms with Gasteiger partial charge in [0.15, 0.2) is 0 Å². The van der Waals surface area contributed by atoms with Crippen LogP contribution in [0.25, 0.3) is 0 Å². The number of likely N-dealkylation sites (tertiary alicyclic amines) is 1. The van der Waals surface area contributed by atoms with Crippen LogP contribution >= 0.6 is 0 Å². The molecule has 0 atom stereocenters. The second kappa shape index (κ2) is 4.16. The van der Waals surface area contributed by atoms with Crippen molar-refractivity contribution in [1.82, 2.24) is 10.0 Å². The molecule has 0 bridgehead atoms. The summed E-state index contributed by atoms with van der Waals surface area (Å²) in [4.78, 5) is 2.41. The first kappa shape index (κ1) is 10.8. The molecule has 0 aromatic heterocycles. The van der Waals surface area contributed by atoms with Crippen LogP contribution < -0.4 is 10.4 Å². The highest BCUT2D eigenvalue weighted by Gasteiger charge is 2.26. The molecule has 1 N–H and O–H groups in total. The van der Waals surface area contributed by atoms with Gasteiger partial charge in [-0.15, -0.1) is 5.12 Å². The van der Waals surface area contributed by atoms with Crippen LogP contribution in [0.2, 0.25) is 0 Å². The van der Waals surface area contributed by atoms with E-state index in [-0.39, 0.29) is 5.82 Å². The summed E-state index contributed by atoms with van der Waals surface area (Å²) in [6.45, 7) is 3.17. The Morgan fingerprint density at radius 2 is 2.06 bits per heavy atom. The molecule has 0 spiro atoms. The summed E-state index contributed by atoms with van der Waals surface area (Å²) in [5.41, 5.74) is 5.04. The summed E-state index contributed by atoms with van der Waals surface area (Å²) >= 11 is 0. The highest BCUT2D eigenvalue weighted by molar-refractivity contribution is 5.72. The Morgan fingerprint density at radius 3 is 2.82 bits per heavy atom. The van der Waals surface area contributed by atoms with E-state index < -0.39 is 0 Å². The normalized spacial score (nSPS) is 20.7. The van der Waals surface area contributed by atoms with E-state index in [9.17, 15) is 4.39 Å². The van der Waals surface area contributed by atoms with Gasteiger partial charge in [0.25, 0.3) is 0 Å². The van der Waals surface area contributed by atoms with E-state index in [0.29, 0.717) is 0 Å². The molecule has 1 saturated heterocycles. The molecule has 1 fully saturated rings. The number of anilines is 2. The third-order valence-electron chi connectivity index (χ3n) is 3.41. The van der Waals surface area contributed by atoms with Crippen molar-refractivity contribution in [1.29, 1.82) is 0 Å². The smallest absolute Gasteiger partial charge is 0.125 e. The van der Waals surface area contributed by atoms with Crippen LogP contribution in [-0.2, 0) is 0 Å². The first-order chi connectivity index (χ1) is 8.24. The summed E-state index contributed by atoms with van der Waals surface area (Å²) in [5, 5.41) is 4.06. The van der Waals surface area contributed by atoms with E-state index in [1.807, 2.05) is 18.2 Å². The largest absolute Gasteiger partial charge is 0.299 e. The maximum atomic E-state index is 13.1. The zero-order chi connectivity index (χ0) is 11.8. The van der Waals surface area contributed by atoms with Gasteiger partial charge >= 0.3 is 0 Å². The molecule has 0 saturated carbocycles. The lowest BCUT2D eigenvalue weighted by Crippen LogP contribution is -2.44. The summed E-state index contributed by atoms with van der Waals surface area (Å²) in [7, 11) is 1.95. The minimum absolute atomic E-state index is 0.201. The molecular formula is C12H17FN4. The molecule has 2 aliphatic rings. The lowest BCUT2D eigenvalue weighted by atomic mass is 10.2. The molecule has 0 aliphatic carbocycles. The minimum Gasteiger partial charge on any atom is -0.299 e. The number of rotatable bonds is 2. The fourth-order valence-corrected chi connectivity index (χ4v) is 2.50. The number of fused-ring (bicyclic) bond motifs is 1. The number of hydrogen-bond acceptors (Lipinski definition) is 4. The number of hydrazine groups is 2. The Labute approximate surface area is 101 Å². The number of nitrogens with one attached hydrogen (secondary N) is 1. The summed E-state index contributed by atoms with van der Waals surface area (Å²) in [5.74, 6) is -0.201. The fraction of sp³-hybridized carbons (Fsp3) is 0.500. The van der Waals surface area contributed by atoms with Gasteiger partial charge in [0, 0.05) is 13.1 Å². The van der Waals surface area contributed by atoms with Crippen LogP contribution in [0.1, 0.15) is 12.8 Å². The predicted molar refractivity (Wildman–Crippen MR) is 65.9 cm³/mol. The third-order valence-corrected chi connectivity index (χ3v) is 3.41. The van der Waals surface area contributed by atoms with Gasteiger partial charge in [0.05, 0.1) is 18.0 Å². The van der Waals surface area contributed by atoms with Crippen molar-refractivity contribution in [3.8, 4) is 0 Å². The van der Waals surface area contributed by atoms with Crippen LogP contribution in [0.4, 0.5) is 15.8 Å². The SMILES string of the molecule is CN1Nc2cc(F)ccc2N1CN1CCCC1. The van der Waals surface area contributed by atoms with E-state index in [2.05, 4.69) is 15.3 Å². The Hall–Kier alpha value is -1.33. The summed E-state index contributed by atoms with van der Waals surface area (Å²) < 4.78 is 13.1. The number of halogens is 1. The van der Waals surface area contributed by atoms with Gasteiger partial charge in [0.2, 0.25) is 0 Å². The maximum absolute atomic E-state index is 13.1. The Balaban J connectivity index is 1.81. The molecule has 0 unspecified atom stereocenters. The van der Waals surface area contributed by atoms with Crippen LogP contribution in [0, 0.1) is 5.82 Å². The maximum Gasteiger partial charge on any atom is 0.125 e. The van der Waals surface area contributed by atoms with E-state index in [4.69, 9.17) is 0 Å². The monoisotopic (exact) mass is 236 g/mol. The van der Waals surface area contributed by atoms with Gasteiger partial charge in [0.1, 0.15) is 5.82 Å². The highest BCUT2D eigenvalue weighted by Crippen LogP contribution is 2.33. The molecule has 0 radical (unpaired) electrons. The van der Waals surface area contributed by atoms with Crippen molar-refractivity contribution < 1.29 is 4.39 Å². The molecule has 1 aromatic rings. The Morgan fingerprint density at radius 1 is 1.29 bits per heavy atom. The van der Waals surface area contributed by atoms with Gasteiger partial charge in [-0.25, -0.2) is 4.39 Å². The quantitative estimate of drug-likeness (QED) is 0.846. The van der Waals surface area contributed by atoms with E-state index >= 15 is 0 Å². The van der Waals surface area contributed by atoms with Crippen LogP contribution in [-0.4, -0.2) is 36.8 Å².